The van der Waals surface area contributed by atoms with E-state index in [1.54, 1.807) is 16.9 Å². The molecule has 0 unspecified atom stereocenters. The number of aromatic nitrogens is 1. The molecule has 6 nitrogen and oxygen atoms in total. The largest absolute Gasteiger partial charge is 0.336 e. The third-order valence-electron chi connectivity index (χ3n) is 3.86. The van der Waals surface area contributed by atoms with E-state index in [2.05, 4.69) is 5.32 Å². The van der Waals surface area contributed by atoms with E-state index < -0.39 is 29.0 Å². The Morgan fingerprint density at radius 3 is 2.56 bits per heavy atom. The van der Waals surface area contributed by atoms with Crippen LogP contribution >= 0.6 is 11.3 Å². The number of benzene rings is 1. The van der Waals surface area contributed by atoms with E-state index in [4.69, 9.17) is 0 Å². The number of carbonyl (C=O) groups is 2. The molecule has 0 spiro atoms. The van der Waals surface area contributed by atoms with Gasteiger partial charge >= 0.3 is 4.87 Å². The summed E-state index contributed by atoms with van der Waals surface area (Å²) < 4.78 is 41.2. The first kappa shape index (κ1) is 20.7. The fourth-order valence-electron chi connectivity index (χ4n) is 2.37. The average molecular weight is 401 g/mol. The van der Waals surface area contributed by atoms with Crippen molar-refractivity contribution in [2.24, 2.45) is 0 Å². The maximum Gasteiger partial charge on any atom is 0.307 e. The lowest BCUT2D eigenvalue weighted by Crippen LogP contribution is -2.35. The second kappa shape index (κ2) is 8.85. The Bertz CT molecular complexity index is 911. The Kier molecular flexibility index (Phi) is 6.78. The molecule has 1 aromatic carbocycles. The number of carbonyl (C=O) groups excluding carboxylic acids is 2. The van der Waals surface area contributed by atoms with E-state index >= 15 is 0 Å². The van der Waals surface area contributed by atoms with Crippen molar-refractivity contribution in [1.29, 1.82) is 0 Å². The smallest absolute Gasteiger partial charge is 0.307 e. The number of nitrogens with one attached hydrogen (secondary N) is 1. The summed E-state index contributed by atoms with van der Waals surface area (Å²) in [5.41, 5.74) is 0.311. The molecule has 10 heteroatoms. The molecule has 2 aromatic rings. The van der Waals surface area contributed by atoms with E-state index in [0.717, 1.165) is 28.0 Å². The van der Waals surface area contributed by atoms with Crippen LogP contribution in [0.3, 0.4) is 0 Å². The van der Waals surface area contributed by atoms with Crippen molar-refractivity contribution < 1.29 is 22.8 Å². The molecule has 0 aliphatic heterocycles. The minimum Gasteiger partial charge on any atom is -0.336 e. The van der Waals surface area contributed by atoms with Crippen LogP contribution < -0.4 is 10.2 Å². The van der Waals surface area contributed by atoms with Gasteiger partial charge in [-0.25, -0.2) is 13.2 Å². The van der Waals surface area contributed by atoms with Gasteiger partial charge in [-0.15, -0.1) is 0 Å². The van der Waals surface area contributed by atoms with Crippen molar-refractivity contribution in [2.75, 3.05) is 18.9 Å². The number of hydrogen-bond acceptors (Lipinski definition) is 4. The summed E-state index contributed by atoms with van der Waals surface area (Å²) in [6, 6.07) is 1.59. The van der Waals surface area contributed by atoms with Gasteiger partial charge in [0.05, 0.1) is 12.2 Å². The summed E-state index contributed by atoms with van der Waals surface area (Å²) in [4.78, 5) is 36.6. The summed E-state index contributed by atoms with van der Waals surface area (Å²) in [7, 11) is 1.39. The fourth-order valence-corrected chi connectivity index (χ4v) is 3.13. The van der Waals surface area contributed by atoms with Crippen molar-refractivity contribution in [1.82, 2.24) is 9.47 Å². The number of amides is 2. The lowest BCUT2D eigenvalue weighted by Gasteiger charge is -2.17. The Hall–Kier alpha value is -2.62. The highest BCUT2D eigenvalue weighted by atomic mass is 32.1. The molecule has 0 bridgehead atoms. The molecule has 0 radical (unpaired) electrons. The summed E-state index contributed by atoms with van der Waals surface area (Å²) in [5, 5.41) is 3.83. The number of hydrogen-bond donors (Lipinski definition) is 1. The molecule has 1 heterocycles. The molecular weight excluding hydrogens is 383 g/mol. The number of nitrogens with zero attached hydrogens (tertiary/aromatic N) is 2. The SMILES string of the molecule is Cc1csc(=O)n1CCCC(=O)N(C)CC(=O)Nc1ccc(F)c(F)c1F. The topological polar surface area (TPSA) is 71.4 Å². The van der Waals surface area contributed by atoms with Crippen molar-refractivity contribution in [3.63, 3.8) is 0 Å². The van der Waals surface area contributed by atoms with Crippen LogP contribution in [0.1, 0.15) is 18.5 Å². The molecule has 0 saturated carbocycles. The standard InChI is InChI=1S/C17H18F3N3O3S/c1-10-9-27-17(26)23(10)7-3-4-14(25)22(2)8-13(24)21-12-6-5-11(18)15(19)16(12)20/h5-6,9H,3-4,7-8H2,1-2H3,(H,21,24). The third-order valence-corrected chi connectivity index (χ3v) is 4.75. The normalized spacial score (nSPS) is 10.7. The highest BCUT2D eigenvalue weighted by Crippen LogP contribution is 2.19. The minimum atomic E-state index is -1.68. The summed E-state index contributed by atoms with van der Waals surface area (Å²) in [6.07, 6.45) is 0.533. The van der Waals surface area contributed by atoms with Crippen LogP contribution in [0.25, 0.3) is 0 Å². The Balaban J connectivity index is 1.84. The lowest BCUT2D eigenvalue weighted by atomic mass is 10.2. The molecule has 146 valence electrons. The van der Waals surface area contributed by atoms with E-state index in [-0.39, 0.29) is 23.7 Å². The summed E-state index contributed by atoms with van der Waals surface area (Å²) in [6.45, 7) is 1.81. The number of halogens is 3. The van der Waals surface area contributed by atoms with Gasteiger partial charge in [0.15, 0.2) is 17.5 Å². The van der Waals surface area contributed by atoms with E-state index in [1.165, 1.54) is 7.05 Å². The molecule has 0 atom stereocenters. The summed E-state index contributed by atoms with van der Waals surface area (Å²) >= 11 is 1.09. The number of anilines is 1. The summed E-state index contributed by atoms with van der Waals surface area (Å²) in [5.74, 6) is -5.64. The number of thiazole rings is 1. The Morgan fingerprint density at radius 2 is 1.93 bits per heavy atom. The average Bonchev–Trinajstić information content (AvgIpc) is 2.94. The predicted octanol–water partition coefficient (Wildman–Crippen LogP) is 2.51. The monoisotopic (exact) mass is 401 g/mol. The highest BCUT2D eigenvalue weighted by molar-refractivity contribution is 7.07. The quantitative estimate of drug-likeness (QED) is 0.725. The molecule has 0 saturated heterocycles. The minimum absolute atomic E-state index is 0.0961. The number of aryl methyl sites for hydroxylation is 1. The van der Waals surface area contributed by atoms with Gasteiger partial charge in [0.25, 0.3) is 0 Å². The van der Waals surface area contributed by atoms with Crippen molar-refractivity contribution in [2.45, 2.75) is 26.3 Å². The van der Waals surface area contributed by atoms with Crippen LogP contribution in [-0.2, 0) is 16.1 Å². The maximum atomic E-state index is 13.5. The van der Waals surface area contributed by atoms with Crippen LogP contribution in [0, 0.1) is 24.4 Å². The van der Waals surface area contributed by atoms with Crippen LogP contribution in [-0.4, -0.2) is 34.9 Å². The van der Waals surface area contributed by atoms with Crippen LogP contribution in [0.4, 0.5) is 18.9 Å². The molecule has 2 amide bonds. The van der Waals surface area contributed by atoms with Crippen molar-refractivity contribution in [3.05, 3.63) is 50.3 Å². The van der Waals surface area contributed by atoms with Gasteiger partial charge in [0.1, 0.15) is 0 Å². The first-order chi connectivity index (χ1) is 12.7. The number of likely N-dealkylation sites (N-methyl/N-ethyl adjacent to an activating group) is 1. The molecular formula is C17H18F3N3O3S. The van der Waals surface area contributed by atoms with Gasteiger partial charge < -0.3 is 14.8 Å². The van der Waals surface area contributed by atoms with E-state index in [0.29, 0.717) is 19.0 Å². The van der Waals surface area contributed by atoms with Crippen LogP contribution in [0.2, 0.25) is 0 Å². The molecule has 27 heavy (non-hydrogen) atoms. The molecule has 2 rings (SSSR count). The van der Waals surface area contributed by atoms with Gasteiger partial charge in [0.2, 0.25) is 11.8 Å². The first-order valence-corrected chi connectivity index (χ1v) is 8.91. The lowest BCUT2D eigenvalue weighted by molar-refractivity contribution is -0.133. The van der Waals surface area contributed by atoms with Crippen LogP contribution in [0.5, 0.6) is 0 Å². The van der Waals surface area contributed by atoms with Crippen molar-refractivity contribution in [3.8, 4) is 0 Å². The van der Waals surface area contributed by atoms with Crippen LogP contribution in [0.15, 0.2) is 22.3 Å². The highest BCUT2D eigenvalue weighted by Gasteiger charge is 2.17. The van der Waals surface area contributed by atoms with Gasteiger partial charge in [-0.2, -0.15) is 0 Å². The molecule has 0 aliphatic rings. The van der Waals surface area contributed by atoms with Crippen molar-refractivity contribution >= 4 is 28.8 Å². The second-order valence-electron chi connectivity index (χ2n) is 5.92. The zero-order chi connectivity index (χ0) is 20.1. The van der Waals surface area contributed by atoms with Gasteiger partial charge in [-0.1, -0.05) is 11.3 Å². The van der Waals surface area contributed by atoms with Gasteiger partial charge in [0, 0.05) is 31.1 Å². The molecule has 0 aliphatic carbocycles. The first-order valence-electron chi connectivity index (χ1n) is 8.03. The van der Waals surface area contributed by atoms with E-state index in [1.807, 2.05) is 0 Å². The van der Waals surface area contributed by atoms with Gasteiger partial charge in [-0.05, 0) is 25.5 Å². The maximum absolute atomic E-state index is 13.5. The zero-order valence-electron chi connectivity index (χ0n) is 14.7. The Labute approximate surface area is 157 Å². The second-order valence-corrected chi connectivity index (χ2v) is 6.74. The molecule has 1 N–H and O–H groups in total. The fraction of sp³-hybridized carbons (Fsp3) is 0.353. The van der Waals surface area contributed by atoms with E-state index in [9.17, 15) is 27.6 Å². The third kappa shape index (κ3) is 5.19. The molecule has 1 aromatic heterocycles. The molecule has 0 fully saturated rings. The Morgan fingerprint density at radius 1 is 1.22 bits per heavy atom. The van der Waals surface area contributed by atoms with Gasteiger partial charge in [-0.3, -0.25) is 14.4 Å². The predicted molar refractivity (Wildman–Crippen MR) is 95.1 cm³/mol. The number of rotatable bonds is 7. The zero-order valence-corrected chi connectivity index (χ0v) is 15.5.